The van der Waals surface area contributed by atoms with Gasteiger partial charge < -0.3 is 5.11 Å². The summed E-state index contributed by atoms with van der Waals surface area (Å²) in [7, 11) is 1.93. The van der Waals surface area contributed by atoms with Crippen molar-refractivity contribution in [2.45, 2.75) is 32.8 Å². The number of nitrogens with zero attached hydrogens (tertiary/aromatic N) is 2. The first-order valence-electron chi connectivity index (χ1n) is 6.47. The van der Waals surface area contributed by atoms with E-state index in [-0.39, 0.29) is 0 Å². The standard InChI is InChI=1S/C15H19BrN2O/c1-4-12-8-13(18(3)17-12)9-15(19)14-7-11(16)6-5-10(14)2/h5-8,15,19H,4,9H2,1-3H3. The lowest BCUT2D eigenvalue weighted by Crippen LogP contribution is -2.07. The maximum atomic E-state index is 10.4. The fraction of sp³-hybridized carbons (Fsp3) is 0.400. The largest absolute Gasteiger partial charge is 0.388 e. The van der Waals surface area contributed by atoms with Gasteiger partial charge in [-0.25, -0.2) is 0 Å². The van der Waals surface area contributed by atoms with Gasteiger partial charge in [-0.05, 0) is 42.7 Å². The zero-order valence-electron chi connectivity index (χ0n) is 11.5. The molecular formula is C15H19BrN2O. The number of aliphatic hydroxyl groups excluding tert-OH is 1. The fourth-order valence-corrected chi connectivity index (χ4v) is 2.59. The summed E-state index contributed by atoms with van der Waals surface area (Å²) < 4.78 is 2.85. The molecule has 1 N–H and O–H groups in total. The molecule has 0 aliphatic rings. The first-order chi connectivity index (χ1) is 9.01. The Labute approximate surface area is 122 Å². The van der Waals surface area contributed by atoms with Crippen molar-refractivity contribution in [3.05, 3.63) is 51.3 Å². The van der Waals surface area contributed by atoms with E-state index in [2.05, 4.69) is 34.0 Å². The molecule has 0 aliphatic carbocycles. The van der Waals surface area contributed by atoms with Crippen molar-refractivity contribution in [3.8, 4) is 0 Å². The highest BCUT2D eigenvalue weighted by atomic mass is 79.9. The summed E-state index contributed by atoms with van der Waals surface area (Å²) >= 11 is 3.45. The maximum absolute atomic E-state index is 10.4. The zero-order chi connectivity index (χ0) is 14.0. The highest BCUT2D eigenvalue weighted by Crippen LogP contribution is 2.25. The minimum absolute atomic E-state index is 0.502. The van der Waals surface area contributed by atoms with Crippen LogP contribution in [0.5, 0.6) is 0 Å². The monoisotopic (exact) mass is 322 g/mol. The molecule has 1 atom stereocenters. The van der Waals surface area contributed by atoms with E-state index in [1.807, 2.05) is 36.9 Å². The van der Waals surface area contributed by atoms with Crippen molar-refractivity contribution in [1.29, 1.82) is 0 Å². The van der Waals surface area contributed by atoms with Crippen LogP contribution < -0.4 is 0 Å². The first kappa shape index (κ1) is 14.3. The van der Waals surface area contributed by atoms with Crippen LogP contribution in [0, 0.1) is 6.92 Å². The summed E-state index contributed by atoms with van der Waals surface area (Å²) in [6.07, 6.45) is 0.998. The third kappa shape index (κ3) is 3.25. The molecule has 0 spiro atoms. The van der Waals surface area contributed by atoms with Crippen LogP contribution in [0.3, 0.4) is 0 Å². The molecule has 102 valence electrons. The summed E-state index contributed by atoms with van der Waals surface area (Å²) in [6, 6.07) is 8.06. The van der Waals surface area contributed by atoms with E-state index < -0.39 is 6.10 Å². The second-order valence-corrected chi connectivity index (χ2v) is 5.74. The number of hydrogen-bond donors (Lipinski definition) is 1. The average molecular weight is 323 g/mol. The van der Waals surface area contributed by atoms with Crippen LogP contribution in [-0.4, -0.2) is 14.9 Å². The predicted octanol–water partition coefficient (Wildman–Crippen LogP) is 3.33. The normalized spacial score (nSPS) is 12.7. The van der Waals surface area contributed by atoms with Crippen molar-refractivity contribution in [1.82, 2.24) is 9.78 Å². The zero-order valence-corrected chi connectivity index (χ0v) is 13.1. The molecule has 1 heterocycles. The minimum Gasteiger partial charge on any atom is -0.388 e. The molecule has 1 aromatic carbocycles. The second-order valence-electron chi connectivity index (χ2n) is 4.83. The molecule has 2 aromatic rings. The van der Waals surface area contributed by atoms with Crippen LogP contribution in [0.15, 0.2) is 28.7 Å². The van der Waals surface area contributed by atoms with Crippen LogP contribution >= 0.6 is 15.9 Å². The van der Waals surface area contributed by atoms with Crippen LogP contribution in [0.2, 0.25) is 0 Å². The van der Waals surface area contributed by atoms with Gasteiger partial charge in [0.05, 0.1) is 11.8 Å². The molecule has 2 rings (SSSR count). The average Bonchev–Trinajstić information content (AvgIpc) is 2.73. The highest BCUT2D eigenvalue weighted by molar-refractivity contribution is 9.10. The SMILES string of the molecule is CCc1cc(CC(O)c2cc(Br)ccc2C)n(C)n1. The molecule has 1 unspecified atom stereocenters. The summed E-state index contributed by atoms with van der Waals surface area (Å²) in [5.74, 6) is 0. The van der Waals surface area contributed by atoms with Gasteiger partial charge in [-0.2, -0.15) is 5.10 Å². The van der Waals surface area contributed by atoms with Gasteiger partial charge in [-0.1, -0.05) is 28.9 Å². The van der Waals surface area contributed by atoms with Gasteiger partial charge in [0.2, 0.25) is 0 Å². The second kappa shape index (κ2) is 5.88. The molecular weight excluding hydrogens is 304 g/mol. The topological polar surface area (TPSA) is 38.0 Å². The van der Waals surface area contributed by atoms with Crippen LogP contribution in [0.25, 0.3) is 0 Å². The lowest BCUT2D eigenvalue weighted by molar-refractivity contribution is 0.175. The number of rotatable bonds is 4. The number of aliphatic hydroxyl groups is 1. The molecule has 0 radical (unpaired) electrons. The van der Waals surface area contributed by atoms with Crippen molar-refractivity contribution in [3.63, 3.8) is 0 Å². The predicted molar refractivity (Wildman–Crippen MR) is 80.1 cm³/mol. The summed E-state index contributed by atoms with van der Waals surface area (Å²) in [5.41, 5.74) is 4.20. The number of halogens is 1. The quantitative estimate of drug-likeness (QED) is 0.937. The van der Waals surface area contributed by atoms with E-state index in [0.717, 1.165) is 33.4 Å². The number of aromatic nitrogens is 2. The summed E-state index contributed by atoms with van der Waals surface area (Å²) in [4.78, 5) is 0. The molecule has 4 heteroatoms. The Bertz CT molecular complexity index is 578. The van der Waals surface area contributed by atoms with E-state index >= 15 is 0 Å². The van der Waals surface area contributed by atoms with E-state index in [9.17, 15) is 5.11 Å². The molecule has 0 saturated carbocycles. The van der Waals surface area contributed by atoms with Crippen LogP contribution in [0.1, 0.15) is 35.5 Å². The molecule has 1 aromatic heterocycles. The number of aryl methyl sites for hydroxylation is 3. The van der Waals surface area contributed by atoms with E-state index in [1.54, 1.807) is 0 Å². The Hall–Kier alpha value is -1.13. The van der Waals surface area contributed by atoms with Crippen molar-refractivity contribution in [2.24, 2.45) is 7.05 Å². The van der Waals surface area contributed by atoms with Gasteiger partial charge in [0.25, 0.3) is 0 Å². The van der Waals surface area contributed by atoms with E-state index in [0.29, 0.717) is 6.42 Å². The summed E-state index contributed by atoms with van der Waals surface area (Å²) in [6.45, 7) is 4.10. The van der Waals surface area contributed by atoms with Gasteiger partial charge in [0, 0.05) is 23.6 Å². The molecule has 0 bridgehead atoms. The molecule has 0 amide bonds. The minimum atomic E-state index is -0.502. The number of benzene rings is 1. The molecule has 0 aliphatic heterocycles. The van der Waals surface area contributed by atoms with Gasteiger partial charge in [0.1, 0.15) is 0 Å². The Balaban J connectivity index is 2.22. The molecule has 0 fully saturated rings. The van der Waals surface area contributed by atoms with E-state index in [1.165, 1.54) is 0 Å². The van der Waals surface area contributed by atoms with E-state index in [4.69, 9.17) is 0 Å². The number of hydrogen-bond acceptors (Lipinski definition) is 2. The third-order valence-corrected chi connectivity index (χ3v) is 3.89. The maximum Gasteiger partial charge on any atom is 0.0848 e. The van der Waals surface area contributed by atoms with Crippen LogP contribution in [0.4, 0.5) is 0 Å². The molecule has 19 heavy (non-hydrogen) atoms. The molecule has 0 saturated heterocycles. The third-order valence-electron chi connectivity index (χ3n) is 3.39. The van der Waals surface area contributed by atoms with Gasteiger partial charge >= 0.3 is 0 Å². The Morgan fingerprint density at radius 3 is 2.74 bits per heavy atom. The summed E-state index contributed by atoms with van der Waals surface area (Å²) in [5, 5.41) is 14.8. The van der Waals surface area contributed by atoms with Gasteiger partial charge in [-0.15, -0.1) is 0 Å². The smallest absolute Gasteiger partial charge is 0.0848 e. The highest BCUT2D eigenvalue weighted by Gasteiger charge is 2.14. The fourth-order valence-electron chi connectivity index (χ4n) is 2.21. The van der Waals surface area contributed by atoms with Crippen molar-refractivity contribution >= 4 is 15.9 Å². The Morgan fingerprint density at radius 1 is 1.37 bits per heavy atom. The molecule has 3 nitrogen and oxygen atoms in total. The lowest BCUT2D eigenvalue weighted by Gasteiger charge is -2.14. The van der Waals surface area contributed by atoms with Crippen molar-refractivity contribution < 1.29 is 5.11 Å². The van der Waals surface area contributed by atoms with Crippen molar-refractivity contribution in [2.75, 3.05) is 0 Å². The van der Waals surface area contributed by atoms with Gasteiger partial charge in [0.15, 0.2) is 0 Å². The van der Waals surface area contributed by atoms with Gasteiger partial charge in [-0.3, -0.25) is 4.68 Å². The Morgan fingerprint density at radius 2 is 2.11 bits per heavy atom. The first-order valence-corrected chi connectivity index (χ1v) is 7.26. The van der Waals surface area contributed by atoms with Crippen LogP contribution in [-0.2, 0) is 19.9 Å². The lowest BCUT2D eigenvalue weighted by atomic mass is 10.00. The Kier molecular flexibility index (Phi) is 4.42.